The Morgan fingerprint density at radius 3 is 2.59 bits per heavy atom. The smallest absolute Gasteiger partial charge is 0.252 e. The molecule has 0 spiro atoms. The molecule has 7 nitrogen and oxygen atoms in total. The van der Waals surface area contributed by atoms with Crippen LogP contribution in [0.5, 0.6) is 0 Å². The highest BCUT2D eigenvalue weighted by Gasteiger charge is 2.52. The molecule has 0 unspecified atom stereocenters. The van der Waals surface area contributed by atoms with Crippen molar-refractivity contribution in [2.24, 2.45) is 0 Å². The first kappa shape index (κ1) is 18.9. The molecule has 1 aliphatic heterocycles. The number of likely N-dealkylation sites (N-methyl/N-ethyl adjacent to an activating group) is 1. The Hall–Kier alpha value is -3.42. The Balaban J connectivity index is 1.46. The Morgan fingerprint density at radius 1 is 1.17 bits per heavy atom. The molecule has 1 heterocycles. The zero-order valence-electron chi connectivity index (χ0n) is 15.9. The molecule has 3 amide bonds. The SMILES string of the molecule is CN1C(=O)[C@H](NC(=O)C2(NC(=O)c3ccccc3)CC2)CNc2ccc(F)cc21. The maximum Gasteiger partial charge on any atom is 0.252 e. The molecule has 1 saturated carbocycles. The molecule has 0 saturated heterocycles. The number of nitrogens with one attached hydrogen (secondary N) is 3. The highest BCUT2D eigenvalue weighted by molar-refractivity contribution is 6.05. The van der Waals surface area contributed by atoms with Gasteiger partial charge < -0.3 is 20.9 Å². The molecule has 29 heavy (non-hydrogen) atoms. The number of fused-ring (bicyclic) bond motifs is 1. The van der Waals surface area contributed by atoms with Gasteiger partial charge in [0, 0.05) is 19.2 Å². The molecule has 150 valence electrons. The van der Waals surface area contributed by atoms with Crippen LogP contribution in [0.4, 0.5) is 15.8 Å². The molecular weight excluding hydrogens is 375 g/mol. The molecular formula is C21H21FN4O3. The number of carbonyl (C=O) groups is 3. The van der Waals surface area contributed by atoms with E-state index in [1.807, 2.05) is 0 Å². The van der Waals surface area contributed by atoms with Crippen LogP contribution >= 0.6 is 0 Å². The molecule has 0 bridgehead atoms. The van der Waals surface area contributed by atoms with Gasteiger partial charge >= 0.3 is 0 Å². The number of rotatable bonds is 4. The van der Waals surface area contributed by atoms with Crippen LogP contribution in [0, 0.1) is 5.82 Å². The van der Waals surface area contributed by atoms with Crippen molar-refractivity contribution in [1.29, 1.82) is 0 Å². The van der Waals surface area contributed by atoms with Crippen molar-refractivity contribution in [2.45, 2.75) is 24.4 Å². The summed E-state index contributed by atoms with van der Waals surface area (Å²) in [6, 6.07) is 12.0. The summed E-state index contributed by atoms with van der Waals surface area (Å²) in [5.41, 5.74) is 0.482. The number of nitrogens with zero attached hydrogens (tertiary/aromatic N) is 1. The number of amides is 3. The average Bonchev–Trinajstić information content (AvgIpc) is 3.52. The van der Waals surface area contributed by atoms with Crippen molar-refractivity contribution in [3.63, 3.8) is 0 Å². The number of carbonyl (C=O) groups excluding carboxylic acids is 3. The Kier molecular flexibility index (Phi) is 4.70. The van der Waals surface area contributed by atoms with Crippen molar-refractivity contribution >= 4 is 29.1 Å². The lowest BCUT2D eigenvalue weighted by atomic mass is 10.1. The number of anilines is 2. The van der Waals surface area contributed by atoms with Gasteiger partial charge in [0.2, 0.25) is 5.91 Å². The van der Waals surface area contributed by atoms with Gasteiger partial charge in [-0.25, -0.2) is 4.39 Å². The van der Waals surface area contributed by atoms with Crippen LogP contribution in [0.25, 0.3) is 0 Å². The number of halogens is 1. The minimum atomic E-state index is -1.00. The van der Waals surface area contributed by atoms with E-state index in [1.165, 1.54) is 24.1 Å². The first-order chi connectivity index (χ1) is 13.9. The molecule has 0 aromatic heterocycles. The van der Waals surface area contributed by atoms with Crippen LogP contribution in [0.15, 0.2) is 48.5 Å². The van der Waals surface area contributed by atoms with Gasteiger partial charge in [-0.05, 0) is 43.2 Å². The van der Waals surface area contributed by atoms with E-state index in [2.05, 4.69) is 16.0 Å². The predicted molar refractivity (Wildman–Crippen MR) is 106 cm³/mol. The Labute approximate surface area is 167 Å². The van der Waals surface area contributed by atoms with Crippen LogP contribution in [0.3, 0.4) is 0 Å². The second-order valence-electron chi connectivity index (χ2n) is 7.37. The lowest BCUT2D eigenvalue weighted by molar-refractivity contribution is -0.128. The molecule has 2 aromatic carbocycles. The fourth-order valence-corrected chi connectivity index (χ4v) is 3.41. The van der Waals surface area contributed by atoms with Gasteiger partial charge in [0.25, 0.3) is 11.8 Å². The molecule has 8 heteroatoms. The van der Waals surface area contributed by atoms with Crippen molar-refractivity contribution in [1.82, 2.24) is 10.6 Å². The summed E-state index contributed by atoms with van der Waals surface area (Å²) in [7, 11) is 1.54. The van der Waals surface area contributed by atoms with E-state index >= 15 is 0 Å². The van der Waals surface area contributed by atoms with Crippen LogP contribution in [-0.4, -0.2) is 42.9 Å². The maximum atomic E-state index is 13.6. The zero-order chi connectivity index (χ0) is 20.6. The summed E-state index contributed by atoms with van der Waals surface area (Å²) in [4.78, 5) is 39.4. The summed E-state index contributed by atoms with van der Waals surface area (Å²) < 4.78 is 13.6. The van der Waals surface area contributed by atoms with Gasteiger partial charge in [0.1, 0.15) is 17.4 Å². The lowest BCUT2D eigenvalue weighted by Gasteiger charge is -2.24. The Bertz CT molecular complexity index is 975. The standard InChI is InChI=1S/C21H21FN4O3/c1-26-17-11-14(22)7-8-15(17)23-12-16(19(26)28)24-20(29)21(9-10-21)25-18(27)13-5-3-2-4-6-13/h2-8,11,16,23H,9-10,12H2,1H3,(H,24,29)(H,25,27)/t16-/m1/s1. The van der Waals surface area contributed by atoms with E-state index in [0.717, 1.165) is 0 Å². The summed E-state index contributed by atoms with van der Waals surface area (Å²) in [6.45, 7) is 0.163. The highest BCUT2D eigenvalue weighted by Crippen LogP contribution is 2.36. The molecule has 3 N–H and O–H groups in total. The van der Waals surface area contributed by atoms with Gasteiger partial charge in [-0.3, -0.25) is 14.4 Å². The molecule has 4 rings (SSSR count). The largest absolute Gasteiger partial charge is 0.381 e. The van der Waals surface area contributed by atoms with Crippen molar-refractivity contribution in [3.05, 3.63) is 59.9 Å². The third kappa shape index (κ3) is 3.65. The van der Waals surface area contributed by atoms with Crippen molar-refractivity contribution < 1.29 is 18.8 Å². The maximum absolute atomic E-state index is 13.6. The Morgan fingerprint density at radius 2 is 1.90 bits per heavy atom. The molecule has 1 fully saturated rings. The van der Waals surface area contributed by atoms with Crippen LogP contribution in [0.2, 0.25) is 0 Å². The van der Waals surface area contributed by atoms with Crippen molar-refractivity contribution in [3.8, 4) is 0 Å². The molecule has 1 atom stereocenters. The van der Waals surface area contributed by atoms with E-state index < -0.39 is 23.3 Å². The zero-order valence-corrected chi connectivity index (χ0v) is 15.9. The minimum absolute atomic E-state index is 0.163. The van der Waals surface area contributed by atoms with Gasteiger partial charge in [0.05, 0.1) is 11.4 Å². The predicted octanol–water partition coefficient (Wildman–Crippen LogP) is 1.66. The monoisotopic (exact) mass is 396 g/mol. The second kappa shape index (κ2) is 7.20. The van der Waals surface area contributed by atoms with Crippen LogP contribution in [-0.2, 0) is 9.59 Å². The molecule has 0 radical (unpaired) electrons. The third-order valence-corrected chi connectivity index (χ3v) is 5.33. The van der Waals surface area contributed by atoms with Gasteiger partial charge in [-0.2, -0.15) is 0 Å². The third-order valence-electron chi connectivity index (χ3n) is 5.33. The summed E-state index contributed by atoms with van der Waals surface area (Å²) in [5, 5.41) is 8.62. The van der Waals surface area contributed by atoms with Gasteiger partial charge in [0.15, 0.2) is 0 Å². The fourth-order valence-electron chi connectivity index (χ4n) is 3.41. The molecule has 1 aliphatic carbocycles. The quantitative estimate of drug-likeness (QED) is 0.733. The number of hydrogen-bond donors (Lipinski definition) is 3. The lowest BCUT2D eigenvalue weighted by Crippen LogP contribution is -2.56. The van der Waals surface area contributed by atoms with Crippen LogP contribution < -0.4 is 20.9 Å². The van der Waals surface area contributed by atoms with Crippen molar-refractivity contribution in [2.75, 3.05) is 23.8 Å². The fraction of sp³-hybridized carbons (Fsp3) is 0.286. The number of hydrogen-bond acceptors (Lipinski definition) is 4. The van der Waals surface area contributed by atoms with Crippen LogP contribution in [0.1, 0.15) is 23.2 Å². The van der Waals surface area contributed by atoms with E-state index in [-0.39, 0.29) is 18.4 Å². The summed E-state index contributed by atoms with van der Waals surface area (Å²) >= 11 is 0. The summed E-state index contributed by atoms with van der Waals surface area (Å²) in [6.07, 6.45) is 1.01. The normalized spacial score (nSPS) is 19.4. The van der Waals surface area contributed by atoms with E-state index in [9.17, 15) is 18.8 Å². The second-order valence-corrected chi connectivity index (χ2v) is 7.37. The first-order valence-electron chi connectivity index (χ1n) is 9.39. The number of benzene rings is 2. The summed E-state index contributed by atoms with van der Waals surface area (Å²) in [5.74, 6) is -1.54. The topological polar surface area (TPSA) is 90.5 Å². The van der Waals surface area contributed by atoms with Gasteiger partial charge in [-0.1, -0.05) is 18.2 Å². The van der Waals surface area contributed by atoms with E-state index in [4.69, 9.17) is 0 Å². The highest BCUT2D eigenvalue weighted by atomic mass is 19.1. The van der Waals surface area contributed by atoms with E-state index in [0.29, 0.717) is 29.8 Å². The van der Waals surface area contributed by atoms with E-state index in [1.54, 1.807) is 36.4 Å². The molecule has 2 aliphatic rings. The molecule has 2 aromatic rings. The van der Waals surface area contributed by atoms with Gasteiger partial charge in [-0.15, -0.1) is 0 Å². The average molecular weight is 396 g/mol. The first-order valence-corrected chi connectivity index (χ1v) is 9.39. The minimum Gasteiger partial charge on any atom is -0.381 e.